The van der Waals surface area contributed by atoms with E-state index in [1.54, 1.807) is 0 Å². The molecule has 0 atom stereocenters. The second kappa shape index (κ2) is 9.60. The number of aromatic nitrogens is 2. The van der Waals surface area contributed by atoms with E-state index in [0.717, 1.165) is 41.7 Å². The maximum Gasteiger partial charge on any atom is 0.325 e. The summed E-state index contributed by atoms with van der Waals surface area (Å²) in [5.74, 6) is 1.49. The Balaban J connectivity index is 1.31. The van der Waals surface area contributed by atoms with Crippen molar-refractivity contribution >= 4 is 27.8 Å². The lowest BCUT2D eigenvalue weighted by molar-refractivity contribution is -0.141. The van der Waals surface area contributed by atoms with Crippen LogP contribution >= 0.6 is 0 Å². The van der Waals surface area contributed by atoms with Crippen molar-refractivity contribution in [2.24, 2.45) is 0 Å². The van der Waals surface area contributed by atoms with Gasteiger partial charge in [0.15, 0.2) is 0 Å². The van der Waals surface area contributed by atoms with Gasteiger partial charge in [-0.05, 0) is 54.3 Å². The number of rotatable bonds is 10. The maximum absolute atomic E-state index is 11.5. The van der Waals surface area contributed by atoms with Crippen LogP contribution in [0.1, 0.15) is 25.3 Å². The van der Waals surface area contributed by atoms with E-state index >= 15 is 0 Å². The van der Waals surface area contributed by atoms with E-state index in [2.05, 4.69) is 30.1 Å². The molecule has 0 fully saturated rings. The molecule has 0 amide bonds. The van der Waals surface area contributed by atoms with Crippen molar-refractivity contribution in [1.29, 1.82) is 0 Å². The van der Waals surface area contributed by atoms with Crippen LogP contribution in [0.25, 0.3) is 21.8 Å². The van der Waals surface area contributed by atoms with Crippen LogP contribution in [0.2, 0.25) is 0 Å². The topological polar surface area (TPSA) is 65.5 Å². The van der Waals surface area contributed by atoms with Crippen molar-refractivity contribution in [2.75, 3.05) is 20.3 Å². The quantitative estimate of drug-likeness (QED) is 0.286. The Morgan fingerprint density at radius 1 is 1.03 bits per heavy atom. The van der Waals surface area contributed by atoms with E-state index in [1.807, 2.05) is 41.2 Å². The Morgan fingerprint density at radius 3 is 2.74 bits per heavy atom. The lowest BCUT2D eigenvalue weighted by Gasteiger charge is -2.13. The van der Waals surface area contributed by atoms with Gasteiger partial charge in [0.2, 0.25) is 0 Å². The lowest BCUT2D eigenvalue weighted by atomic mass is 10.1. The van der Waals surface area contributed by atoms with Crippen molar-refractivity contribution in [1.82, 2.24) is 9.55 Å². The summed E-state index contributed by atoms with van der Waals surface area (Å²) in [7, 11) is 1.40. The zero-order chi connectivity index (χ0) is 21.6. The molecule has 0 spiro atoms. The standard InChI is InChI=1S/C25H28N2O4/c1-3-5-21-23(9-6-18-10-12-26-25(18)21)31-15-4-14-30-20-7-8-22-19(16-20)11-13-27(22)17-24(28)29-2/h6-13,16,26H,3-5,14-15,17H2,1-2H3. The second-order valence-corrected chi connectivity index (χ2v) is 7.53. The molecule has 0 aliphatic heterocycles. The Hall–Kier alpha value is -3.41. The highest BCUT2D eigenvalue weighted by atomic mass is 16.5. The van der Waals surface area contributed by atoms with Crippen molar-refractivity contribution in [3.8, 4) is 11.5 Å². The number of aryl methyl sites for hydroxylation is 1. The van der Waals surface area contributed by atoms with Crippen LogP contribution in [0.4, 0.5) is 0 Å². The number of H-pyrrole nitrogens is 1. The van der Waals surface area contributed by atoms with Gasteiger partial charge in [-0.25, -0.2) is 0 Å². The number of benzene rings is 2. The fraction of sp³-hybridized carbons (Fsp3) is 0.320. The molecule has 6 nitrogen and oxygen atoms in total. The van der Waals surface area contributed by atoms with Gasteiger partial charge in [-0.1, -0.05) is 13.3 Å². The van der Waals surface area contributed by atoms with Crippen LogP contribution in [-0.4, -0.2) is 35.8 Å². The molecule has 0 aliphatic rings. The minimum atomic E-state index is -0.268. The highest BCUT2D eigenvalue weighted by molar-refractivity contribution is 5.85. The highest BCUT2D eigenvalue weighted by Crippen LogP contribution is 2.28. The first-order valence-electron chi connectivity index (χ1n) is 10.7. The molecule has 0 bridgehead atoms. The molecule has 31 heavy (non-hydrogen) atoms. The molecular formula is C25H28N2O4. The van der Waals surface area contributed by atoms with Gasteiger partial charge in [-0.15, -0.1) is 0 Å². The van der Waals surface area contributed by atoms with Crippen molar-refractivity contribution in [3.05, 3.63) is 60.4 Å². The fourth-order valence-corrected chi connectivity index (χ4v) is 3.84. The first-order valence-corrected chi connectivity index (χ1v) is 10.7. The molecule has 0 radical (unpaired) electrons. The number of carbonyl (C=O) groups excluding carboxylic acids is 1. The number of aromatic amines is 1. The Bertz CT molecular complexity index is 1170. The summed E-state index contributed by atoms with van der Waals surface area (Å²) in [5.41, 5.74) is 3.39. The number of methoxy groups -OCH3 is 1. The van der Waals surface area contributed by atoms with Crippen LogP contribution in [0.5, 0.6) is 11.5 Å². The molecule has 0 unspecified atom stereocenters. The molecular weight excluding hydrogens is 392 g/mol. The molecule has 2 aromatic heterocycles. The number of ether oxygens (including phenoxy) is 3. The van der Waals surface area contributed by atoms with Crippen LogP contribution in [0.15, 0.2) is 54.9 Å². The molecule has 1 N–H and O–H groups in total. The minimum absolute atomic E-state index is 0.200. The molecule has 0 aliphatic carbocycles. The minimum Gasteiger partial charge on any atom is -0.493 e. The van der Waals surface area contributed by atoms with Crippen molar-refractivity contribution in [3.63, 3.8) is 0 Å². The largest absolute Gasteiger partial charge is 0.493 e. The summed E-state index contributed by atoms with van der Waals surface area (Å²) in [6, 6.07) is 14.1. The number of hydrogen-bond donors (Lipinski definition) is 1. The van der Waals surface area contributed by atoms with Crippen molar-refractivity contribution in [2.45, 2.75) is 32.7 Å². The van der Waals surface area contributed by atoms with Gasteiger partial charge in [0.1, 0.15) is 18.0 Å². The predicted molar refractivity (Wildman–Crippen MR) is 122 cm³/mol. The maximum atomic E-state index is 11.5. The predicted octanol–water partition coefficient (Wildman–Crippen LogP) is 5.10. The zero-order valence-corrected chi connectivity index (χ0v) is 18.0. The van der Waals surface area contributed by atoms with Gasteiger partial charge in [-0.3, -0.25) is 4.79 Å². The molecule has 0 saturated carbocycles. The van der Waals surface area contributed by atoms with Gasteiger partial charge in [0, 0.05) is 35.3 Å². The molecule has 2 heterocycles. The smallest absolute Gasteiger partial charge is 0.325 e. The number of hydrogen-bond acceptors (Lipinski definition) is 4. The molecule has 4 aromatic rings. The van der Waals surface area contributed by atoms with Crippen LogP contribution in [0.3, 0.4) is 0 Å². The number of fused-ring (bicyclic) bond motifs is 2. The average molecular weight is 421 g/mol. The molecule has 6 heteroatoms. The van der Waals surface area contributed by atoms with E-state index in [1.165, 1.54) is 23.6 Å². The Morgan fingerprint density at radius 2 is 1.90 bits per heavy atom. The molecule has 4 rings (SSSR count). The highest BCUT2D eigenvalue weighted by Gasteiger charge is 2.10. The third kappa shape index (κ3) is 4.68. The normalized spacial score (nSPS) is 11.2. The van der Waals surface area contributed by atoms with Gasteiger partial charge in [-0.2, -0.15) is 0 Å². The van der Waals surface area contributed by atoms with E-state index < -0.39 is 0 Å². The van der Waals surface area contributed by atoms with Crippen LogP contribution in [-0.2, 0) is 22.5 Å². The van der Waals surface area contributed by atoms with E-state index in [-0.39, 0.29) is 12.5 Å². The monoisotopic (exact) mass is 420 g/mol. The van der Waals surface area contributed by atoms with Crippen LogP contribution in [0, 0.1) is 0 Å². The van der Waals surface area contributed by atoms with Crippen LogP contribution < -0.4 is 9.47 Å². The first kappa shape index (κ1) is 20.8. The Labute approximate surface area is 181 Å². The summed E-state index contributed by atoms with van der Waals surface area (Å²) in [5, 5.41) is 2.25. The summed E-state index contributed by atoms with van der Waals surface area (Å²) >= 11 is 0. The Kier molecular flexibility index (Phi) is 6.46. The van der Waals surface area contributed by atoms with E-state index in [4.69, 9.17) is 14.2 Å². The zero-order valence-electron chi connectivity index (χ0n) is 18.0. The van der Waals surface area contributed by atoms with Crippen molar-refractivity contribution < 1.29 is 19.0 Å². The second-order valence-electron chi connectivity index (χ2n) is 7.53. The molecule has 162 valence electrons. The first-order chi connectivity index (χ1) is 15.2. The summed E-state index contributed by atoms with van der Waals surface area (Å²) in [4.78, 5) is 14.9. The van der Waals surface area contributed by atoms with Gasteiger partial charge in [0.05, 0.1) is 25.8 Å². The number of nitrogens with one attached hydrogen (secondary N) is 1. The third-order valence-corrected chi connectivity index (χ3v) is 5.38. The third-order valence-electron chi connectivity index (χ3n) is 5.38. The van der Waals surface area contributed by atoms with E-state index in [9.17, 15) is 4.79 Å². The van der Waals surface area contributed by atoms with Gasteiger partial charge in [0.25, 0.3) is 0 Å². The number of nitrogens with zero attached hydrogens (tertiary/aromatic N) is 1. The van der Waals surface area contributed by atoms with Gasteiger partial charge < -0.3 is 23.8 Å². The number of carbonyl (C=O) groups is 1. The lowest BCUT2D eigenvalue weighted by Crippen LogP contribution is -2.10. The SMILES string of the molecule is CCCc1c(OCCCOc2ccc3c(ccn3CC(=O)OC)c2)ccc2cc[nH]c12. The summed E-state index contributed by atoms with van der Waals surface area (Å²) in [6.07, 6.45) is 6.70. The van der Waals surface area contributed by atoms with E-state index in [0.29, 0.717) is 13.2 Å². The number of esters is 1. The molecule has 0 saturated heterocycles. The summed E-state index contributed by atoms with van der Waals surface area (Å²) < 4.78 is 18.6. The fourth-order valence-electron chi connectivity index (χ4n) is 3.84. The van der Waals surface area contributed by atoms with Gasteiger partial charge >= 0.3 is 5.97 Å². The molecule has 2 aromatic carbocycles. The average Bonchev–Trinajstić information content (AvgIpc) is 3.42. The summed E-state index contributed by atoms with van der Waals surface area (Å²) in [6.45, 7) is 3.55.